The maximum Gasteiger partial charge on any atom is 0.121 e. The second-order valence-corrected chi connectivity index (χ2v) is 22.4. The topological polar surface area (TPSA) is 38.9 Å². The summed E-state index contributed by atoms with van der Waals surface area (Å²) in [6.45, 7) is 11.7. The van der Waals surface area contributed by atoms with Crippen molar-refractivity contribution in [3.05, 3.63) is 175 Å². The summed E-state index contributed by atoms with van der Waals surface area (Å²) in [6.07, 6.45) is 9.80. The van der Waals surface area contributed by atoms with Crippen molar-refractivity contribution in [2.24, 2.45) is 5.92 Å². The second kappa shape index (κ2) is 17.6. The van der Waals surface area contributed by atoms with E-state index in [-0.39, 0.29) is 20.1 Å². The van der Waals surface area contributed by atoms with Crippen LogP contribution < -0.4 is 5.19 Å². The Balaban J connectivity index is 0.000000202. The van der Waals surface area contributed by atoms with Gasteiger partial charge in [-0.05, 0) is 94.0 Å². The van der Waals surface area contributed by atoms with E-state index < -0.39 is 8.07 Å². The van der Waals surface area contributed by atoms with Gasteiger partial charge < -0.3 is 14.4 Å². The first-order valence-corrected chi connectivity index (χ1v) is 24.6. The van der Waals surface area contributed by atoms with Crippen molar-refractivity contribution in [3.63, 3.8) is 0 Å². The first-order valence-electron chi connectivity index (χ1n) is 21.1. The Morgan fingerprint density at radius 1 is 0.717 bits per heavy atom. The van der Waals surface area contributed by atoms with Crippen LogP contribution in [0.4, 0.5) is 0 Å². The number of nitrogens with zero attached hydrogens (tertiary/aromatic N) is 2. The van der Waals surface area contributed by atoms with Gasteiger partial charge in [0.25, 0.3) is 0 Å². The third-order valence-electron chi connectivity index (χ3n) is 11.6. The van der Waals surface area contributed by atoms with Gasteiger partial charge in [-0.3, -0.25) is 0 Å². The zero-order valence-electron chi connectivity index (χ0n) is 35.1. The number of benzene rings is 6. The molecule has 60 heavy (non-hydrogen) atoms. The van der Waals surface area contributed by atoms with Gasteiger partial charge in [0.05, 0.1) is 13.7 Å². The molecule has 9 aromatic rings. The van der Waals surface area contributed by atoms with Gasteiger partial charge in [-0.15, -0.1) is 48.0 Å². The molecule has 0 fully saturated rings. The number of pyridine rings is 2. The molecule has 0 atom stereocenters. The maximum absolute atomic E-state index is 6.77. The molecule has 3 aromatic heterocycles. The van der Waals surface area contributed by atoms with Crippen molar-refractivity contribution < 1.29 is 24.5 Å². The van der Waals surface area contributed by atoms with Crippen LogP contribution in [0.5, 0.6) is 0 Å². The van der Waals surface area contributed by atoms with Crippen LogP contribution in [0.3, 0.4) is 0 Å². The minimum Gasteiger partial charge on any atom is -0.501 e. The third-order valence-corrected chi connectivity index (χ3v) is 13.7. The van der Waals surface area contributed by atoms with Crippen molar-refractivity contribution in [3.8, 4) is 44.8 Å². The summed E-state index contributed by atoms with van der Waals surface area (Å²) >= 11 is 0. The molecule has 1 aliphatic carbocycles. The van der Waals surface area contributed by atoms with Crippen molar-refractivity contribution in [1.82, 2.24) is 9.97 Å². The van der Waals surface area contributed by atoms with Crippen LogP contribution in [-0.4, -0.2) is 18.0 Å². The number of hydrogen-bond donors (Lipinski definition) is 0. The van der Waals surface area contributed by atoms with E-state index in [2.05, 4.69) is 172 Å². The summed E-state index contributed by atoms with van der Waals surface area (Å²) in [5, 5.41) is 6.20. The fourth-order valence-electron chi connectivity index (χ4n) is 8.75. The van der Waals surface area contributed by atoms with Crippen molar-refractivity contribution >= 4 is 46.0 Å². The monoisotopic (exact) mass is 975 g/mol. The van der Waals surface area contributed by atoms with Gasteiger partial charge in [-0.25, -0.2) is 0 Å². The molecule has 0 aliphatic heterocycles. The average Bonchev–Trinajstić information content (AvgIpc) is 3.65. The maximum atomic E-state index is 6.77. The fraction of sp³-hybridized carbons (Fsp3) is 0.200. The number of furan rings is 1. The Bertz CT molecular complexity index is 2930. The van der Waals surface area contributed by atoms with Crippen LogP contribution >= 0.6 is 0 Å². The van der Waals surface area contributed by atoms with E-state index in [1.165, 1.54) is 56.6 Å². The first kappa shape index (κ1) is 41.3. The van der Waals surface area contributed by atoms with Gasteiger partial charge in [0, 0.05) is 37.9 Å². The van der Waals surface area contributed by atoms with Gasteiger partial charge in [-0.2, -0.15) is 0 Å². The van der Waals surface area contributed by atoms with E-state index in [1.54, 1.807) is 0 Å². The van der Waals surface area contributed by atoms with Crippen molar-refractivity contribution in [2.75, 3.05) is 0 Å². The average molecular weight is 975 g/mol. The minimum atomic E-state index is -1.34. The molecule has 3 heterocycles. The Kier molecular flexibility index (Phi) is 12.1. The van der Waals surface area contributed by atoms with Crippen molar-refractivity contribution in [2.45, 2.75) is 65.6 Å². The Labute approximate surface area is 369 Å². The Morgan fingerprint density at radius 3 is 2.27 bits per heavy atom. The van der Waals surface area contributed by atoms with Gasteiger partial charge in [0.15, 0.2) is 0 Å². The summed E-state index contributed by atoms with van der Waals surface area (Å²) < 4.78 is 6.77. The fourth-order valence-corrected chi connectivity index (χ4v) is 10.3. The molecule has 301 valence electrons. The molecular formula is C55H50IrN2OSi-2. The Hall–Kier alpha value is -5.45. The molecule has 0 spiro atoms. The van der Waals surface area contributed by atoms with E-state index in [4.69, 9.17) is 9.40 Å². The number of hydrogen-bond acceptors (Lipinski definition) is 3. The standard InChI is InChI=1S/C37H26NO.C18H24NSi.Ir/c1-2-8-24(9-3-1)28-16-17-32-34(23-28)39-37-33(36-31-13-7-6-11-26(31)20-21-38-36)19-18-30(35(32)37)29-15-14-25-10-4-5-12-27(25)22-29;1-14(2)11-16-12-17(15-9-7-6-8-10-15)19-13-18(16)20(3,4)5;/h1-5,8-10,12,14-18,20-23H,6-7,11,13H2;6-9,12-14H,11H2,1-5H3;/q2*-1;. The molecule has 0 saturated heterocycles. The number of rotatable bonds is 7. The van der Waals surface area contributed by atoms with E-state index in [9.17, 15) is 0 Å². The Morgan fingerprint density at radius 2 is 1.48 bits per heavy atom. The zero-order valence-corrected chi connectivity index (χ0v) is 38.5. The van der Waals surface area contributed by atoms with E-state index >= 15 is 0 Å². The van der Waals surface area contributed by atoms with Crippen LogP contribution in [0.15, 0.2) is 150 Å². The molecule has 6 aromatic carbocycles. The van der Waals surface area contributed by atoms with Crippen LogP contribution in [0, 0.1) is 18.1 Å². The molecule has 0 amide bonds. The second-order valence-electron chi connectivity index (χ2n) is 17.4. The molecule has 3 nitrogen and oxygen atoms in total. The van der Waals surface area contributed by atoms with Gasteiger partial charge in [0.1, 0.15) is 5.58 Å². The van der Waals surface area contributed by atoms with Crippen LogP contribution in [0.2, 0.25) is 19.6 Å². The third kappa shape index (κ3) is 8.45. The molecule has 1 aliphatic rings. The number of aromatic nitrogens is 2. The predicted octanol–water partition coefficient (Wildman–Crippen LogP) is 14.1. The van der Waals surface area contributed by atoms with Gasteiger partial charge in [0.2, 0.25) is 0 Å². The minimum absolute atomic E-state index is 0. The smallest absolute Gasteiger partial charge is 0.121 e. The molecule has 5 heteroatoms. The predicted molar refractivity (Wildman–Crippen MR) is 251 cm³/mol. The molecule has 0 bridgehead atoms. The largest absolute Gasteiger partial charge is 0.501 e. The van der Waals surface area contributed by atoms with E-state index in [1.807, 2.05) is 24.4 Å². The van der Waals surface area contributed by atoms with Crippen LogP contribution in [0.1, 0.15) is 43.4 Å². The van der Waals surface area contributed by atoms with Crippen molar-refractivity contribution in [1.29, 1.82) is 0 Å². The number of fused-ring (bicyclic) bond motifs is 5. The molecule has 0 unspecified atom stereocenters. The SMILES string of the molecule is CC(C)Cc1cc(-c2[c-]cccc2)ncc1[Si](C)(C)C.[Ir].[c-]1cc(-c2ccc3ccccc3c2)c2c(oc3cc(-c4ccccc4)ccc32)c1-c1nccc2c1CCCC2. The van der Waals surface area contributed by atoms with Gasteiger partial charge in [-0.1, -0.05) is 158 Å². The zero-order chi connectivity index (χ0) is 40.5. The molecule has 10 rings (SSSR count). The normalized spacial score (nSPS) is 12.6. The van der Waals surface area contributed by atoms with Gasteiger partial charge >= 0.3 is 0 Å². The van der Waals surface area contributed by atoms with Crippen LogP contribution in [-0.2, 0) is 39.4 Å². The first-order chi connectivity index (χ1) is 28.7. The van der Waals surface area contributed by atoms with Crippen LogP contribution in [0.25, 0.3) is 77.5 Å². The summed E-state index contributed by atoms with van der Waals surface area (Å²) in [5.41, 5.74) is 14.7. The summed E-state index contributed by atoms with van der Waals surface area (Å²) in [7, 11) is -1.34. The quantitative estimate of drug-likeness (QED) is 0.118. The molecule has 0 saturated carbocycles. The van der Waals surface area contributed by atoms with E-state index in [0.717, 1.165) is 74.8 Å². The summed E-state index contributed by atoms with van der Waals surface area (Å²) in [5.74, 6) is 0.667. The van der Waals surface area contributed by atoms with E-state index in [0.29, 0.717) is 5.92 Å². The molecular weight excluding hydrogens is 925 g/mol. The number of aryl methyl sites for hydroxylation is 1. The summed E-state index contributed by atoms with van der Waals surface area (Å²) in [6, 6.07) is 53.9. The molecule has 0 N–H and O–H groups in total. The summed E-state index contributed by atoms with van der Waals surface area (Å²) in [4.78, 5) is 9.59. The molecule has 1 radical (unpaired) electrons.